The summed E-state index contributed by atoms with van der Waals surface area (Å²) < 4.78 is 5.24. The van der Waals surface area contributed by atoms with E-state index in [1.165, 1.54) is 13.0 Å². The molecule has 9 heteroatoms. The lowest BCUT2D eigenvalue weighted by Crippen LogP contribution is -2.18. The number of ether oxygens (including phenoxy) is 1. The van der Waals surface area contributed by atoms with E-state index in [1.807, 2.05) is 0 Å². The molecule has 0 radical (unpaired) electrons. The Morgan fingerprint density at radius 1 is 1.31 bits per heavy atom. The maximum atomic E-state index is 12.3. The number of rotatable bonds is 4. The van der Waals surface area contributed by atoms with E-state index in [4.69, 9.17) is 16.3 Å². The summed E-state index contributed by atoms with van der Waals surface area (Å²) in [6.07, 6.45) is -0.932. The molecule has 0 unspecified atom stereocenters. The largest absolute Gasteiger partial charge is 0.451 e. The molecule has 1 aromatic heterocycles. The Labute approximate surface area is 151 Å². The number of nitrogens with one attached hydrogen (secondary N) is 1. The Bertz CT molecular complexity index is 1080. The van der Waals surface area contributed by atoms with Crippen LogP contribution in [0.3, 0.4) is 0 Å². The SMILES string of the molecule is C[C@H](OC(=O)c1cc(Cl)ccc1[N+](=O)[O-])c1nc2ccccc2c(=O)[nH]1. The Morgan fingerprint density at radius 2 is 2.04 bits per heavy atom. The predicted octanol–water partition coefficient (Wildman–Crippen LogP) is 3.40. The summed E-state index contributed by atoms with van der Waals surface area (Å²) in [6, 6.07) is 10.3. The first-order valence-corrected chi connectivity index (χ1v) is 7.88. The number of para-hydroxylation sites is 1. The maximum absolute atomic E-state index is 12.3. The topological polar surface area (TPSA) is 115 Å². The lowest BCUT2D eigenvalue weighted by molar-refractivity contribution is -0.385. The molecule has 0 aliphatic carbocycles. The van der Waals surface area contributed by atoms with Crippen molar-refractivity contribution in [1.29, 1.82) is 0 Å². The van der Waals surface area contributed by atoms with Gasteiger partial charge in [0.15, 0.2) is 11.9 Å². The number of nitro benzene ring substituents is 1. The number of carbonyl (C=O) groups is 1. The van der Waals surface area contributed by atoms with Crippen LogP contribution in [-0.2, 0) is 4.74 Å². The lowest BCUT2D eigenvalue weighted by Gasteiger charge is -2.13. The van der Waals surface area contributed by atoms with Crippen molar-refractivity contribution in [2.45, 2.75) is 13.0 Å². The molecule has 0 saturated heterocycles. The number of aromatic amines is 1. The molecule has 0 amide bonds. The van der Waals surface area contributed by atoms with Gasteiger partial charge in [-0.15, -0.1) is 0 Å². The van der Waals surface area contributed by atoms with Crippen LogP contribution in [0.2, 0.25) is 5.02 Å². The van der Waals surface area contributed by atoms with Crippen LogP contribution in [-0.4, -0.2) is 20.9 Å². The van der Waals surface area contributed by atoms with Crippen molar-refractivity contribution in [2.24, 2.45) is 0 Å². The number of fused-ring (bicyclic) bond motifs is 1. The molecule has 0 saturated carbocycles. The van der Waals surface area contributed by atoms with Crippen molar-refractivity contribution < 1.29 is 14.5 Å². The number of aromatic nitrogens is 2. The van der Waals surface area contributed by atoms with E-state index in [0.717, 1.165) is 12.1 Å². The summed E-state index contributed by atoms with van der Waals surface area (Å²) in [5.41, 5.74) is -0.630. The van der Waals surface area contributed by atoms with Crippen molar-refractivity contribution in [2.75, 3.05) is 0 Å². The van der Waals surface area contributed by atoms with Crippen LogP contribution in [0.25, 0.3) is 10.9 Å². The summed E-state index contributed by atoms with van der Waals surface area (Å²) in [5, 5.41) is 11.6. The molecule has 0 aliphatic heterocycles. The summed E-state index contributed by atoms with van der Waals surface area (Å²) in [7, 11) is 0. The second-order valence-electron chi connectivity index (χ2n) is 5.43. The van der Waals surface area contributed by atoms with Gasteiger partial charge in [0.25, 0.3) is 11.2 Å². The molecule has 8 nitrogen and oxygen atoms in total. The molecule has 3 rings (SSSR count). The summed E-state index contributed by atoms with van der Waals surface area (Å²) in [5.74, 6) is -0.811. The van der Waals surface area contributed by atoms with E-state index in [0.29, 0.717) is 10.9 Å². The number of nitro groups is 1. The van der Waals surface area contributed by atoms with E-state index < -0.39 is 22.7 Å². The van der Waals surface area contributed by atoms with E-state index in [2.05, 4.69) is 9.97 Å². The Morgan fingerprint density at radius 3 is 2.77 bits per heavy atom. The van der Waals surface area contributed by atoms with Crippen molar-refractivity contribution in [3.63, 3.8) is 0 Å². The third-order valence-electron chi connectivity index (χ3n) is 3.68. The second kappa shape index (κ2) is 6.93. The van der Waals surface area contributed by atoms with Crippen LogP contribution in [0.5, 0.6) is 0 Å². The van der Waals surface area contributed by atoms with E-state index in [9.17, 15) is 19.7 Å². The molecule has 3 aromatic rings. The van der Waals surface area contributed by atoms with Crippen molar-refractivity contribution in [3.05, 3.63) is 79.3 Å². The van der Waals surface area contributed by atoms with Gasteiger partial charge in [-0.1, -0.05) is 23.7 Å². The smallest absolute Gasteiger partial charge is 0.345 e. The van der Waals surface area contributed by atoms with Gasteiger partial charge in [0.2, 0.25) is 0 Å². The normalized spacial score (nSPS) is 11.9. The highest BCUT2D eigenvalue weighted by Gasteiger charge is 2.24. The number of halogens is 1. The van der Waals surface area contributed by atoms with Crippen LogP contribution in [0.1, 0.15) is 29.2 Å². The lowest BCUT2D eigenvalue weighted by atomic mass is 10.2. The summed E-state index contributed by atoms with van der Waals surface area (Å²) in [6.45, 7) is 1.50. The fraction of sp³-hybridized carbons (Fsp3) is 0.118. The number of carbonyl (C=O) groups excluding carboxylic acids is 1. The average molecular weight is 374 g/mol. The molecule has 26 heavy (non-hydrogen) atoms. The predicted molar refractivity (Wildman–Crippen MR) is 94.3 cm³/mol. The van der Waals surface area contributed by atoms with Gasteiger partial charge in [-0.3, -0.25) is 14.9 Å². The summed E-state index contributed by atoms with van der Waals surface area (Å²) in [4.78, 5) is 41.6. The maximum Gasteiger partial charge on any atom is 0.345 e. The molecule has 0 fully saturated rings. The highest BCUT2D eigenvalue weighted by molar-refractivity contribution is 6.31. The van der Waals surface area contributed by atoms with Gasteiger partial charge >= 0.3 is 5.97 Å². The van der Waals surface area contributed by atoms with Gasteiger partial charge in [0, 0.05) is 11.1 Å². The first kappa shape index (κ1) is 17.6. The number of hydrogen-bond donors (Lipinski definition) is 1. The van der Waals surface area contributed by atoms with Gasteiger partial charge < -0.3 is 9.72 Å². The molecular formula is C17H12ClN3O5. The summed E-state index contributed by atoms with van der Waals surface area (Å²) >= 11 is 5.82. The van der Waals surface area contributed by atoms with E-state index in [-0.39, 0.29) is 22.0 Å². The van der Waals surface area contributed by atoms with Gasteiger partial charge in [0.1, 0.15) is 5.56 Å². The molecule has 1 atom stereocenters. The standard InChI is InChI=1S/C17H12ClN3O5/c1-9(15-19-13-5-3-2-4-11(13)16(22)20-15)26-17(23)12-8-10(18)6-7-14(12)21(24)25/h2-9H,1H3,(H,19,20,22)/t9-/m0/s1. The fourth-order valence-corrected chi connectivity index (χ4v) is 2.58. The van der Waals surface area contributed by atoms with Gasteiger partial charge in [0.05, 0.1) is 15.8 Å². The molecular weight excluding hydrogens is 362 g/mol. The third-order valence-corrected chi connectivity index (χ3v) is 3.91. The van der Waals surface area contributed by atoms with E-state index >= 15 is 0 Å². The van der Waals surface area contributed by atoms with Gasteiger partial charge in [-0.05, 0) is 31.2 Å². The molecule has 0 aliphatic rings. The van der Waals surface area contributed by atoms with Crippen LogP contribution in [0.15, 0.2) is 47.3 Å². The zero-order valence-corrected chi connectivity index (χ0v) is 14.2. The number of benzene rings is 2. The first-order valence-electron chi connectivity index (χ1n) is 7.50. The fourth-order valence-electron chi connectivity index (χ4n) is 2.41. The molecule has 1 N–H and O–H groups in total. The third kappa shape index (κ3) is 3.40. The highest BCUT2D eigenvalue weighted by atomic mass is 35.5. The van der Waals surface area contributed by atoms with Gasteiger partial charge in [-0.2, -0.15) is 0 Å². The van der Waals surface area contributed by atoms with Crippen LogP contribution in [0, 0.1) is 10.1 Å². The molecule has 0 bridgehead atoms. The van der Waals surface area contributed by atoms with Crippen molar-refractivity contribution in [1.82, 2.24) is 9.97 Å². The zero-order valence-electron chi connectivity index (χ0n) is 13.4. The minimum absolute atomic E-state index is 0.131. The Balaban J connectivity index is 1.92. The average Bonchev–Trinajstić information content (AvgIpc) is 2.61. The van der Waals surface area contributed by atoms with Gasteiger partial charge in [-0.25, -0.2) is 9.78 Å². The monoisotopic (exact) mass is 373 g/mol. The highest BCUT2D eigenvalue weighted by Crippen LogP contribution is 2.25. The minimum Gasteiger partial charge on any atom is -0.451 e. The molecule has 132 valence electrons. The number of nitrogens with zero attached hydrogens (tertiary/aromatic N) is 2. The van der Waals surface area contributed by atoms with Crippen molar-refractivity contribution in [3.8, 4) is 0 Å². The van der Waals surface area contributed by atoms with Crippen LogP contribution < -0.4 is 5.56 Å². The van der Waals surface area contributed by atoms with E-state index in [1.54, 1.807) is 24.3 Å². The molecule has 0 spiro atoms. The van der Waals surface area contributed by atoms with Crippen LogP contribution >= 0.6 is 11.6 Å². The number of hydrogen-bond acceptors (Lipinski definition) is 6. The molecule has 2 aromatic carbocycles. The number of H-pyrrole nitrogens is 1. The second-order valence-corrected chi connectivity index (χ2v) is 5.87. The Kier molecular flexibility index (Phi) is 4.68. The zero-order chi connectivity index (χ0) is 18.8. The first-order chi connectivity index (χ1) is 12.4. The minimum atomic E-state index is -0.942. The quantitative estimate of drug-likeness (QED) is 0.425. The molecule has 1 heterocycles. The number of esters is 1. The van der Waals surface area contributed by atoms with Crippen molar-refractivity contribution >= 4 is 34.2 Å². The Hall–Kier alpha value is -3.26. The van der Waals surface area contributed by atoms with Crippen LogP contribution in [0.4, 0.5) is 5.69 Å².